The summed E-state index contributed by atoms with van der Waals surface area (Å²) in [7, 11) is 0. The van der Waals surface area contributed by atoms with E-state index in [0.29, 0.717) is 13.0 Å². The lowest BCUT2D eigenvalue weighted by Crippen LogP contribution is -2.19. The van der Waals surface area contributed by atoms with Crippen LogP contribution in [0.3, 0.4) is 0 Å². The van der Waals surface area contributed by atoms with E-state index >= 15 is 0 Å². The summed E-state index contributed by atoms with van der Waals surface area (Å²) in [5, 5.41) is 0. The number of esters is 1. The van der Waals surface area contributed by atoms with Crippen molar-refractivity contribution in [1.82, 2.24) is 0 Å². The quantitative estimate of drug-likeness (QED) is 0.0899. The summed E-state index contributed by atoms with van der Waals surface area (Å²) in [5.41, 5.74) is 5.65. The molecule has 0 saturated carbocycles. The molecule has 0 fully saturated rings. The highest BCUT2D eigenvalue weighted by atomic mass is 16.5. The van der Waals surface area contributed by atoms with Crippen LogP contribution < -0.4 is 0 Å². The summed E-state index contributed by atoms with van der Waals surface area (Å²) < 4.78 is 5.40. The maximum Gasteiger partial charge on any atom is 0.306 e. The van der Waals surface area contributed by atoms with Crippen LogP contribution in [-0.2, 0) is 9.53 Å². The van der Waals surface area contributed by atoms with Crippen LogP contribution in [0, 0.1) is 5.41 Å². The van der Waals surface area contributed by atoms with Gasteiger partial charge >= 0.3 is 5.97 Å². The smallest absolute Gasteiger partial charge is 0.306 e. The van der Waals surface area contributed by atoms with Gasteiger partial charge in [0, 0.05) is 6.42 Å². The number of unbranched alkanes of at least 4 members (excludes halogenated alkanes) is 12. The standard InChI is InChI=1S/C36H60O2/c1-7-8-9-10-11-12-13-14-15-16-17-18-19-25-35(37)38-30-28-32(3)23-20-22-31(2)26-27-34-33(4)24-21-29-36(34,5)6/h20,22-23,26-28H,7-19,21,24-25,29-30H2,1-6H3/b23-20-,27-26-,31-22-,32-28+. The predicted molar refractivity (Wildman–Crippen MR) is 167 cm³/mol. The predicted octanol–water partition coefficient (Wildman–Crippen LogP) is 11.5. The largest absolute Gasteiger partial charge is 0.461 e. The highest BCUT2D eigenvalue weighted by Crippen LogP contribution is 2.40. The molecule has 2 heteroatoms. The van der Waals surface area contributed by atoms with Crippen molar-refractivity contribution in [2.24, 2.45) is 5.41 Å². The van der Waals surface area contributed by atoms with Crippen molar-refractivity contribution in [2.75, 3.05) is 6.61 Å². The van der Waals surface area contributed by atoms with Gasteiger partial charge in [0.2, 0.25) is 0 Å². The fourth-order valence-corrected chi connectivity index (χ4v) is 5.33. The molecule has 0 aliphatic heterocycles. The third kappa shape index (κ3) is 16.9. The zero-order chi connectivity index (χ0) is 28.1. The van der Waals surface area contributed by atoms with Gasteiger partial charge in [-0.05, 0) is 63.5 Å². The van der Waals surface area contributed by atoms with Crippen LogP contribution in [0.1, 0.15) is 151 Å². The van der Waals surface area contributed by atoms with Gasteiger partial charge in [0.1, 0.15) is 6.61 Å². The third-order valence-corrected chi connectivity index (χ3v) is 7.91. The van der Waals surface area contributed by atoms with Gasteiger partial charge in [-0.1, -0.05) is 145 Å². The zero-order valence-electron chi connectivity index (χ0n) is 26.0. The second kappa shape index (κ2) is 21.0. The number of hydrogen-bond acceptors (Lipinski definition) is 2. The van der Waals surface area contributed by atoms with Crippen molar-refractivity contribution in [1.29, 1.82) is 0 Å². The Labute approximate surface area is 236 Å². The maximum atomic E-state index is 12.0. The molecule has 0 aromatic carbocycles. The first-order chi connectivity index (χ1) is 18.3. The Hall–Kier alpha value is -1.83. The van der Waals surface area contributed by atoms with E-state index in [9.17, 15) is 4.79 Å². The Morgan fingerprint density at radius 2 is 1.42 bits per heavy atom. The second-order valence-corrected chi connectivity index (χ2v) is 12.2. The molecule has 0 atom stereocenters. The Balaban J connectivity index is 2.13. The summed E-state index contributed by atoms with van der Waals surface area (Å²) in [6.45, 7) is 13.8. The van der Waals surface area contributed by atoms with Crippen molar-refractivity contribution < 1.29 is 9.53 Å². The van der Waals surface area contributed by atoms with E-state index in [1.165, 1.54) is 107 Å². The first kappa shape index (κ1) is 34.2. The number of rotatable bonds is 20. The van der Waals surface area contributed by atoms with Crippen molar-refractivity contribution in [2.45, 2.75) is 151 Å². The molecule has 0 spiro atoms. The van der Waals surface area contributed by atoms with E-state index in [0.717, 1.165) is 18.4 Å². The Kier molecular flexibility index (Phi) is 18.9. The molecule has 0 unspecified atom stereocenters. The van der Waals surface area contributed by atoms with Gasteiger partial charge in [-0.25, -0.2) is 0 Å². The number of carbonyl (C=O) groups excluding carboxylic acids is 1. The molecule has 0 aromatic rings. The highest BCUT2D eigenvalue weighted by molar-refractivity contribution is 5.69. The van der Waals surface area contributed by atoms with Crippen molar-refractivity contribution in [3.05, 3.63) is 58.7 Å². The lowest BCUT2D eigenvalue weighted by Gasteiger charge is -2.32. The molecular weight excluding hydrogens is 464 g/mol. The van der Waals surface area contributed by atoms with Crippen LogP contribution in [-0.4, -0.2) is 12.6 Å². The van der Waals surface area contributed by atoms with E-state index in [2.05, 4.69) is 71.9 Å². The maximum absolute atomic E-state index is 12.0. The fourth-order valence-electron chi connectivity index (χ4n) is 5.33. The molecule has 0 saturated heterocycles. The third-order valence-electron chi connectivity index (χ3n) is 7.91. The second-order valence-electron chi connectivity index (χ2n) is 12.2. The van der Waals surface area contributed by atoms with Gasteiger partial charge < -0.3 is 4.74 Å². The normalized spacial score (nSPS) is 16.7. The molecule has 1 rings (SSSR count). The molecule has 216 valence electrons. The fraction of sp³-hybridized carbons (Fsp3) is 0.694. The molecule has 0 bridgehead atoms. The van der Waals surface area contributed by atoms with Crippen LogP contribution in [0.4, 0.5) is 0 Å². The molecule has 0 heterocycles. The van der Waals surface area contributed by atoms with Crippen molar-refractivity contribution in [3.8, 4) is 0 Å². The molecule has 38 heavy (non-hydrogen) atoms. The summed E-state index contributed by atoms with van der Waals surface area (Å²) in [6, 6.07) is 0. The minimum absolute atomic E-state index is 0.0720. The van der Waals surface area contributed by atoms with Gasteiger partial charge in [0.05, 0.1) is 0 Å². The van der Waals surface area contributed by atoms with E-state index in [4.69, 9.17) is 4.74 Å². The Morgan fingerprint density at radius 1 is 0.842 bits per heavy atom. The van der Waals surface area contributed by atoms with Crippen LogP contribution in [0.25, 0.3) is 0 Å². The highest BCUT2D eigenvalue weighted by Gasteiger charge is 2.26. The minimum atomic E-state index is -0.0720. The average Bonchev–Trinajstić information content (AvgIpc) is 2.86. The van der Waals surface area contributed by atoms with Crippen molar-refractivity contribution in [3.63, 3.8) is 0 Å². The SMILES string of the molecule is CCCCCCCCCCCCCCCC(=O)OC/C=C(C)/C=C\C=C(C)/C=C\C1=C(C)CCCC1(C)C. The average molecular weight is 525 g/mol. The van der Waals surface area contributed by atoms with Crippen LogP contribution in [0.2, 0.25) is 0 Å². The van der Waals surface area contributed by atoms with E-state index in [-0.39, 0.29) is 11.4 Å². The molecule has 0 N–H and O–H groups in total. The summed E-state index contributed by atoms with van der Waals surface area (Å²) in [6.07, 6.45) is 34.3. The minimum Gasteiger partial charge on any atom is -0.461 e. The molecular formula is C36H60O2. The summed E-state index contributed by atoms with van der Waals surface area (Å²) >= 11 is 0. The lowest BCUT2D eigenvalue weighted by molar-refractivity contribution is -0.142. The van der Waals surface area contributed by atoms with E-state index in [1.807, 2.05) is 6.08 Å². The van der Waals surface area contributed by atoms with Gasteiger partial charge in [-0.2, -0.15) is 0 Å². The molecule has 0 aromatic heterocycles. The zero-order valence-corrected chi connectivity index (χ0v) is 26.0. The van der Waals surface area contributed by atoms with Gasteiger partial charge in [0.25, 0.3) is 0 Å². The first-order valence-corrected chi connectivity index (χ1v) is 15.8. The van der Waals surface area contributed by atoms with Gasteiger partial charge in [0.15, 0.2) is 0 Å². The van der Waals surface area contributed by atoms with E-state index < -0.39 is 0 Å². The monoisotopic (exact) mass is 524 g/mol. The number of ether oxygens (including phenoxy) is 1. The molecule has 0 amide bonds. The molecule has 1 aliphatic rings. The van der Waals surface area contributed by atoms with E-state index in [1.54, 1.807) is 0 Å². The number of allylic oxidation sites excluding steroid dienone is 9. The topological polar surface area (TPSA) is 26.3 Å². The lowest BCUT2D eigenvalue weighted by atomic mass is 9.72. The van der Waals surface area contributed by atoms with Crippen LogP contribution in [0.5, 0.6) is 0 Å². The first-order valence-electron chi connectivity index (χ1n) is 15.8. The van der Waals surface area contributed by atoms with Crippen molar-refractivity contribution >= 4 is 5.97 Å². The molecule has 1 aliphatic carbocycles. The number of hydrogen-bond donors (Lipinski definition) is 0. The number of carbonyl (C=O) groups is 1. The Bertz CT molecular complexity index is 803. The molecule has 2 nitrogen and oxygen atoms in total. The van der Waals surface area contributed by atoms with Crippen LogP contribution >= 0.6 is 0 Å². The molecule has 0 radical (unpaired) electrons. The van der Waals surface area contributed by atoms with Gasteiger partial charge in [-0.15, -0.1) is 0 Å². The van der Waals surface area contributed by atoms with Gasteiger partial charge in [-0.3, -0.25) is 4.79 Å². The van der Waals surface area contributed by atoms with Crippen LogP contribution in [0.15, 0.2) is 58.7 Å². The summed E-state index contributed by atoms with van der Waals surface area (Å²) in [5.74, 6) is -0.0720. The summed E-state index contributed by atoms with van der Waals surface area (Å²) in [4.78, 5) is 12.0. The Morgan fingerprint density at radius 3 is 2.00 bits per heavy atom.